The summed E-state index contributed by atoms with van der Waals surface area (Å²) in [6, 6.07) is 6.61. The molecule has 2 heterocycles. The van der Waals surface area contributed by atoms with Gasteiger partial charge in [0.1, 0.15) is 11.6 Å². The number of hydrogen-bond acceptors (Lipinski definition) is 4. The summed E-state index contributed by atoms with van der Waals surface area (Å²) in [5, 5.41) is 6.34. The van der Waals surface area contributed by atoms with Gasteiger partial charge in [-0.05, 0) is 44.9 Å². The lowest BCUT2D eigenvalue weighted by Crippen LogP contribution is -2.29. The van der Waals surface area contributed by atoms with Crippen molar-refractivity contribution in [1.82, 2.24) is 10.6 Å². The molecule has 1 aliphatic rings. The van der Waals surface area contributed by atoms with E-state index in [1.54, 1.807) is 12.1 Å². The van der Waals surface area contributed by atoms with E-state index >= 15 is 0 Å². The number of amides is 1. The molecule has 1 aromatic heterocycles. The van der Waals surface area contributed by atoms with Crippen molar-refractivity contribution in [2.75, 3.05) is 19.7 Å². The van der Waals surface area contributed by atoms with Crippen LogP contribution in [0.2, 0.25) is 0 Å². The maximum absolute atomic E-state index is 13.4. The molecule has 0 radical (unpaired) electrons. The van der Waals surface area contributed by atoms with Gasteiger partial charge in [-0.25, -0.2) is 4.39 Å². The molecule has 0 saturated heterocycles. The Balaban J connectivity index is 1.46. The molecule has 0 saturated carbocycles. The molecule has 0 spiro atoms. The van der Waals surface area contributed by atoms with Crippen LogP contribution in [0.3, 0.4) is 0 Å². The molecule has 2 aromatic rings. The van der Waals surface area contributed by atoms with Crippen LogP contribution in [0.4, 0.5) is 4.39 Å². The van der Waals surface area contributed by atoms with Gasteiger partial charge in [0.25, 0.3) is 5.91 Å². The first-order valence-corrected chi connectivity index (χ1v) is 8.63. The molecular formula is C19H23FN2O3. The van der Waals surface area contributed by atoms with Crippen LogP contribution >= 0.6 is 0 Å². The number of hydrogen-bond donors (Lipinski definition) is 2. The Morgan fingerprint density at radius 1 is 1.32 bits per heavy atom. The molecule has 2 N–H and O–H groups in total. The van der Waals surface area contributed by atoms with Crippen molar-refractivity contribution in [3.05, 3.63) is 53.2 Å². The smallest absolute Gasteiger partial charge is 0.287 e. The highest BCUT2D eigenvalue weighted by Gasteiger charge is 2.19. The number of carbonyl (C=O) groups excluding carboxylic acids is 1. The number of carbonyl (C=O) groups is 1. The molecule has 1 aliphatic heterocycles. The lowest BCUT2D eigenvalue weighted by molar-refractivity contribution is 0.0924. The number of halogens is 1. The highest BCUT2D eigenvalue weighted by Crippen LogP contribution is 2.31. The molecule has 6 heteroatoms. The average molecular weight is 346 g/mol. The molecule has 134 valence electrons. The third-order valence-electron chi connectivity index (χ3n) is 4.34. The Hall–Kier alpha value is -2.34. The molecule has 1 amide bonds. The van der Waals surface area contributed by atoms with Gasteiger partial charge in [0.05, 0.1) is 12.9 Å². The number of benzene rings is 1. The standard InChI is InChI=1S/C19H23FN2O3/c1-13-7-11-25-18(13)19(23)22-9-3-8-21-16-4-2-10-24-17-12-14(20)5-6-15(16)17/h5-7,11-12,16,21H,2-4,8-10H2,1H3,(H,22,23)/t16-/m0/s1. The fourth-order valence-electron chi connectivity index (χ4n) is 3.01. The zero-order valence-electron chi connectivity index (χ0n) is 14.3. The zero-order chi connectivity index (χ0) is 17.6. The maximum Gasteiger partial charge on any atom is 0.287 e. The van der Waals surface area contributed by atoms with E-state index in [0.717, 1.165) is 36.9 Å². The normalized spacial score (nSPS) is 16.6. The fourth-order valence-corrected chi connectivity index (χ4v) is 3.01. The Labute approximate surface area is 146 Å². The van der Waals surface area contributed by atoms with Gasteiger partial charge < -0.3 is 19.8 Å². The summed E-state index contributed by atoms with van der Waals surface area (Å²) in [6.45, 7) is 3.76. The summed E-state index contributed by atoms with van der Waals surface area (Å²) in [5.74, 6) is 0.517. The lowest BCUT2D eigenvalue weighted by Gasteiger charge is -2.18. The van der Waals surface area contributed by atoms with Gasteiger partial charge in [0, 0.05) is 29.8 Å². The summed E-state index contributed by atoms with van der Waals surface area (Å²) >= 11 is 0. The second kappa shape index (κ2) is 8.16. The third-order valence-corrected chi connectivity index (χ3v) is 4.34. The number of aryl methyl sites for hydroxylation is 1. The number of furan rings is 1. The quantitative estimate of drug-likeness (QED) is 0.788. The van der Waals surface area contributed by atoms with Crippen LogP contribution in [0.15, 0.2) is 34.9 Å². The van der Waals surface area contributed by atoms with Gasteiger partial charge in [0.15, 0.2) is 5.76 Å². The van der Waals surface area contributed by atoms with E-state index in [1.165, 1.54) is 18.4 Å². The summed E-state index contributed by atoms with van der Waals surface area (Å²) in [5.41, 5.74) is 1.83. The van der Waals surface area contributed by atoms with Crippen molar-refractivity contribution >= 4 is 5.91 Å². The molecule has 0 fully saturated rings. The van der Waals surface area contributed by atoms with Crippen molar-refractivity contribution in [2.45, 2.75) is 32.2 Å². The minimum atomic E-state index is -0.282. The monoisotopic (exact) mass is 346 g/mol. The molecule has 3 rings (SSSR count). The molecular weight excluding hydrogens is 323 g/mol. The van der Waals surface area contributed by atoms with Gasteiger partial charge in [-0.3, -0.25) is 4.79 Å². The minimum Gasteiger partial charge on any atom is -0.493 e. The fraction of sp³-hybridized carbons (Fsp3) is 0.421. The Morgan fingerprint density at radius 3 is 3.00 bits per heavy atom. The van der Waals surface area contributed by atoms with Gasteiger partial charge in [-0.15, -0.1) is 0 Å². The maximum atomic E-state index is 13.4. The molecule has 1 aromatic carbocycles. The van der Waals surface area contributed by atoms with Crippen molar-refractivity contribution in [2.24, 2.45) is 0 Å². The predicted molar refractivity (Wildman–Crippen MR) is 92.3 cm³/mol. The zero-order valence-corrected chi connectivity index (χ0v) is 14.3. The van der Waals surface area contributed by atoms with E-state index < -0.39 is 0 Å². The molecule has 0 aliphatic carbocycles. The van der Waals surface area contributed by atoms with Crippen LogP contribution in [-0.4, -0.2) is 25.6 Å². The number of fused-ring (bicyclic) bond motifs is 1. The van der Waals surface area contributed by atoms with E-state index in [9.17, 15) is 9.18 Å². The Bertz CT molecular complexity index is 729. The average Bonchev–Trinajstić information content (AvgIpc) is 2.92. The van der Waals surface area contributed by atoms with Crippen LogP contribution in [-0.2, 0) is 0 Å². The summed E-state index contributed by atoms with van der Waals surface area (Å²) in [4.78, 5) is 12.0. The summed E-state index contributed by atoms with van der Waals surface area (Å²) < 4.78 is 24.2. The summed E-state index contributed by atoms with van der Waals surface area (Å²) in [7, 11) is 0. The van der Waals surface area contributed by atoms with Crippen LogP contribution in [0.5, 0.6) is 5.75 Å². The highest BCUT2D eigenvalue weighted by molar-refractivity contribution is 5.92. The first kappa shape index (κ1) is 17.5. The Kier molecular flexibility index (Phi) is 5.71. The molecule has 5 nitrogen and oxygen atoms in total. The van der Waals surface area contributed by atoms with Crippen molar-refractivity contribution < 1.29 is 18.3 Å². The highest BCUT2D eigenvalue weighted by atomic mass is 19.1. The molecule has 25 heavy (non-hydrogen) atoms. The minimum absolute atomic E-state index is 0.140. The Morgan fingerprint density at radius 2 is 2.20 bits per heavy atom. The number of ether oxygens (including phenoxy) is 1. The van der Waals surface area contributed by atoms with Crippen LogP contribution in [0, 0.1) is 12.7 Å². The molecule has 0 unspecified atom stereocenters. The second-order valence-electron chi connectivity index (χ2n) is 6.22. The lowest BCUT2D eigenvalue weighted by atomic mass is 10.0. The molecule has 0 bridgehead atoms. The van der Waals surface area contributed by atoms with Gasteiger partial charge in [0.2, 0.25) is 0 Å². The van der Waals surface area contributed by atoms with E-state index in [2.05, 4.69) is 10.6 Å². The van der Waals surface area contributed by atoms with E-state index in [-0.39, 0.29) is 17.8 Å². The van der Waals surface area contributed by atoms with Crippen LogP contribution in [0.25, 0.3) is 0 Å². The third kappa shape index (κ3) is 4.39. The van der Waals surface area contributed by atoms with Gasteiger partial charge in [-0.1, -0.05) is 6.07 Å². The SMILES string of the molecule is Cc1ccoc1C(=O)NCCCN[C@H]1CCCOc2cc(F)ccc21. The largest absolute Gasteiger partial charge is 0.493 e. The number of rotatable bonds is 6. The van der Waals surface area contributed by atoms with Crippen molar-refractivity contribution in [3.8, 4) is 5.75 Å². The van der Waals surface area contributed by atoms with E-state index in [4.69, 9.17) is 9.15 Å². The van der Waals surface area contributed by atoms with Crippen LogP contribution < -0.4 is 15.4 Å². The van der Waals surface area contributed by atoms with Gasteiger partial charge >= 0.3 is 0 Å². The first-order chi connectivity index (χ1) is 12.1. The van der Waals surface area contributed by atoms with Crippen LogP contribution in [0.1, 0.15) is 47.0 Å². The number of nitrogens with one attached hydrogen (secondary N) is 2. The van der Waals surface area contributed by atoms with E-state index in [1.807, 2.05) is 6.92 Å². The second-order valence-corrected chi connectivity index (χ2v) is 6.22. The first-order valence-electron chi connectivity index (χ1n) is 8.63. The molecule has 1 atom stereocenters. The summed E-state index contributed by atoms with van der Waals surface area (Å²) in [6.07, 6.45) is 4.17. The van der Waals surface area contributed by atoms with Crippen molar-refractivity contribution in [3.63, 3.8) is 0 Å². The topological polar surface area (TPSA) is 63.5 Å². The van der Waals surface area contributed by atoms with Crippen molar-refractivity contribution in [1.29, 1.82) is 0 Å². The van der Waals surface area contributed by atoms with Gasteiger partial charge in [-0.2, -0.15) is 0 Å². The predicted octanol–water partition coefficient (Wildman–Crippen LogP) is 3.35. The van der Waals surface area contributed by atoms with E-state index in [0.29, 0.717) is 24.7 Å².